The van der Waals surface area contributed by atoms with Gasteiger partial charge in [-0.2, -0.15) is 0 Å². The lowest BCUT2D eigenvalue weighted by Crippen LogP contribution is -2.39. The van der Waals surface area contributed by atoms with Crippen LogP contribution in [-0.4, -0.2) is 105 Å². The highest BCUT2D eigenvalue weighted by Crippen LogP contribution is 2.26. The van der Waals surface area contributed by atoms with Gasteiger partial charge in [0.2, 0.25) is 0 Å². The number of amides is 1. The minimum absolute atomic E-state index is 0.0532. The summed E-state index contributed by atoms with van der Waals surface area (Å²) >= 11 is 0. The van der Waals surface area contributed by atoms with Gasteiger partial charge in [-0.15, -0.1) is 0 Å². The van der Waals surface area contributed by atoms with Crippen LogP contribution in [0.25, 0.3) is 0 Å². The zero-order valence-electron chi connectivity index (χ0n) is 16.7. The van der Waals surface area contributed by atoms with Crippen molar-refractivity contribution in [2.24, 2.45) is 5.41 Å². The zero-order chi connectivity index (χ0) is 20.0. The molecule has 9 nitrogen and oxygen atoms in total. The fourth-order valence-corrected chi connectivity index (χ4v) is 2.67. The fraction of sp³-hybridized carbons (Fsp3) is 0.842. The molecule has 1 amide bonds. The van der Waals surface area contributed by atoms with Gasteiger partial charge < -0.3 is 28.9 Å². The van der Waals surface area contributed by atoms with Gasteiger partial charge in [-0.05, 0) is 6.42 Å². The van der Waals surface area contributed by atoms with E-state index in [1.54, 1.807) is 4.90 Å². The summed E-state index contributed by atoms with van der Waals surface area (Å²) in [6.07, 6.45) is 0.851. The van der Waals surface area contributed by atoms with Crippen LogP contribution in [-0.2, 0) is 23.8 Å². The molecule has 3 aliphatic heterocycles. The van der Waals surface area contributed by atoms with E-state index in [1.807, 2.05) is 6.92 Å². The molecule has 0 aromatic rings. The van der Waals surface area contributed by atoms with Gasteiger partial charge in [-0.3, -0.25) is 9.59 Å². The Morgan fingerprint density at radius 1 is 0.750 bits per heavy atom. The molecule has 9 heteroatoms. The molecule has 0 atom stereocenters. The lowest BCUT2D eigenvalue weighted by molar-refractivity contribution is -0.156. The molecular formula is C19H31N3O6. The highest BCUT2D eigenvalue weighted by atomic mass is 16.6. The highest BCUT2D eigenvalue weighted by Gasteiger charge is 2.36. The maximum atomic E-state index is 12.0. The quantitative estimate of drug-likeness (QED) is 0.250. The molecule has 0 saturated carbocycles. The molecule has 0 aromatic heterocycles. The molecule has 3 rings (SSSR count). The van der Waals surface area contributed by atoms with Crippen LogP contribution in [0.4, 0.5) is 4.79 Å². The van der Waals surface area contributed by atoms with Gasteiger partial charge in [0.1, 0.15) is 19.8 Å². The van der Waals surface area contributed by atoms with Crippen LogP contribution in [0, 0.1) is 5.41 Å². The van der Waals surface area contributed by atoms with Crippen molar-refractivity contribution in [2.45, 2.75) is 26.2 Å². The smallest absolute Gasteiger partial charge is 0.409 e. The van der Waals surface area contributed by atoms with Crippen LogP contribution in [0.5, 0.6) is 0 Å². The molecule has 0 radical (unpaired) electrons. The Bertz CT molecular complexity index is 540. The van der Waals surface area contributed by atoms with Crippen molar-refractivity contribution in [2.75, 3.05) is 72.2 Å². The SMILES string of the molecule is CCC(COC(=O)CCN1CC1)(COC(=O)CCN1CC1)COC(=O)N1CC1. The summed E-state index contributed by atoms with van der Waals surface area (Å²) in [5, 5.41) is 0. The Morgan fingerprint density at radius 2 is 1.21 bits per heavy atom. The Labute approximate surface area is 165 Å². The van der Waals surface area contributed by atoms with Crippen molar-refractivity contribution in [3.05, 3.63) is 0 Å². The predicted octanol–water partition coefficient (Wildman–Crippen LogP) is 0.333. The molecule has 158 valence electrons. The maximum absolute atomic E-state index is 12.0. The number of hydrogen-bond acceptors (Lipinski definition) is 8. The molecule has 0 unspecified atom stereocenters. The summed E-state index contributed by atoms with van der Waals surface area (Å²) in [6.45, 7) is 9.04. The maximum Gasteiger partial charge on any atom is 0.409 e. The zero-order valence-corrected chi connectivity index (χ0v) is 16.7. The van der Waals surface area contributed by atoms with Crippen molar-refractivity contribution in [1.29, 1.82) is 0 Å². The predicted molar refractivity (Wildman–Crippen MR) is 99.7 cm³/mol. The van der Waals surface area contributed by atoms with E-state index in [9.17, 15) is 14.4 Å². The first-order valence-electron chi connectivity index (χ1n) is 10.2. The molecule has 3 heterocycles. The van der Waals surface area contributed by atoms with Gasteiger partial charge in [0.15, 0.2) is 0 Å². The normalized spacial score (nSPS) is 18.5. The average Bonchev–Trinajstić information content (AvgIpc) is 3.56. The molecule has 0 spiro atoms. The van der Waals surface area contributed by atoms with Gasteiger partial charge in [-0.25, -0.2) is 4.79 Å². The summed E-state index contributed by atoms with van der Waals surface area (Å²) < 4.78 is 16.3. The first-order valence-corrected chi connectivity index (χ1v) is 10.2. The summed E-state index contributed by atoms with van der Waals surface area (Å²) in [7, 11) is 0. The van der Waals surface area contributed by atoms with E-state index < -0.39 is 5.41 Å². The monoisotopic (exact) mass is 397 g/mol. The molecule has 3 aliphatic rings. The molecule has 0 N–H and O–H groups in total. The van der Waals surface area contributed by atoms with E-state index in [2.05, 4.69) is 9.80 Å². The van der Waals surface area contributed by atoms with Gasteiger partial charge in [0.05, 0.1) is 18.3 Å². The Balaban J connectivity index is 1.47. The van der Waals surface area contributed by atoms with Crippen LogP contribution in [0.15, 0.2) is 0 Å². The second-order valence-corrected chi connectivity index (χ2v) is 7.90. The minimum atomic E-state index is -0.725. The van der Waals surface area contributed by atoms with Gasteiger partial charge in [0, 0.05) is 52.4 Å². The summed E-state index contributed by atoms with van der Waals surface area (Å²) in [5.74, 6) is -0.565. The van der Waals surface area contributed by atoms with Crippen LogP contribution >= 0.6 is 0 Å². The Kier molecular flexibility index (Phi) is 7.12. The average molecular weight is 397 g/mol. The van der Waals surface area contributed by atoms with Crippen LogP contribution in [0.2, 0.25) is 0 Å². The third-order valence-electron chi connectivity index (χ3n) is 5.38. The molecule has 28 heavy (non-hydrogen) atoms. The molecule has 0 bridgehead atoms. The van der Waals surface area contributed by atoms with Crippen molar-refractivity contribution in [3.63, 3.8) is 0 Å². The fourth-order valence-electron chi connectivity index (χ4n) is 2.67. The number of rotatable bonds is 13. The third kappa shape index (κ3) is 7.27. The second kappa shape index (κ2) is 9.56. The van der Waals surface area contributed by atoms with E-state index >= 15 is 0 Å². The van der Waals surface area contributed by atoms with Gasteiger partial charge in [0.25, 0.3) is 0 Å². The van der Waals surface area contributed by atoms with Crippen LogP contribution in [0.3, 0.4) is 0 Å². The van der Waals surface area contributed by atoms with E-state index in [1.165, 1.54) is 0 Å². The molecule has 3 fully saturated rings. The van der Waals surface area contributed by atoms with E-state index in [-0.39, 0.29) is 37.9 Å². The van der Waals surface area contributed by atoms with Crippen molar-refractivity contribution >= 4 is 18.0 Å². The summed E-state index contributed by atoms with van der Waals surface area (Å²) in [6, 6.07) is 0. The van der Waals surface area contributed by atoms with Crippen LogP contribution in [0.1, 0.15) is 26.2 Å². The Hall–Kier alpha value is -1.87. The molecule has 0 aliphatic carbocycles. The van der Waals surface area contributed by atoms with E-state index in [0.29, 0.717) is 45.4 Å². The summed E-state index contributed by atoms with van der Waals surface area (Å²) in [4.78, 5) is 41.8. The number of nitrogens with zero attached hydrogens (tertiary/aromatic N) is 3. The first-order chi connectivity index (χ1) is 13.5. The molecule has 3 saturated heterocycles. The van der Waals surface area contributed by atoms with Crippen molar-refractivity contribution in [1.82, 2.24) is 14.7 Å². The van der Waals surface area contributed by atoms with E-state index in [4.69, 9.17) is 14.2 Å². The van der Waals surface area contributed by atoms with Gasteiger partial charge >= 0.3 is 18.0 Å². The first kappa shape index (κ1) is 20.9. The Morgan fingerprint density at radius 3 is 1.61 bits per heavy atom. The largest absolute Gasteiger partial charge is 0.465 e. The number of carbonyl (C=O) groups excluding carboxylic acids is 3. The van der Waals surface area contributed by atoms with Crippen molar-refractivity contribution < 1.29 is 28.6 Å². The lowest BCUT2D eigenvalue weighted by Gasteiger charge is -2.31. The van der Waals surface area contributed by atoms with Crippen LogP contribution < -0.4 is 0 Å². The number of carbonyl (C=O) groups is 3. The number of ether oxygens (including phenoxy) is 3. The van der Waals surface area contributed by atoms with Crippen molar-refractivity contribution in [3.8, 4) is 0 Å². The summed E-state index contributed by atoms with van der Waals surface area (Å²) in [5.41, 5.74) is -0.725. The lowest BCUT2D eigenvalue weighted by atomic mass is 9.88. The van der Waals surface area contributed by atoms with Gasteiger partial charge in [-0.1, -0.05) is 6.92 Å². The minimum Gasteiger partial charge on any atom is -0.465 e. The molecule has 0 aromatic carbocycles. The standard InChI is InChI=1S/C19H31N3O6/c1-2-19(15-28-18(25)22-11-12-22,13-26-16(23)3-5-20-7-8-20)14-27-17(24)4-6-21-9-10-21/h2-15H2,1H3. The van der Waals surface area contributed by atoms with E-state index in [0.717, 1.165) is 26.2 Å². The number of hydrogen-bond donors (Lipinski definition) is 0. The topological polar surface area (TPSA) is 87.9 Å². The molecular weight excluding hydrogens is 366 g/mol. The third-order valence-corrected chi connectivity index (χ3v) is 5.38. The second-order valence-electron chi connectivity index (χ2n) is 7.90. The highest BCUT2D eigenvalue weighted by molar-refractivity contribution is 5.71. The number of esters is 2.